The lowest BCUT2D eigenvalue weighted by Gasteiger charge is -2.11. The molecule has 0 heterocycles. The van der Waals surface area contributed by atoms with Crippen LogP contribution < -0.4 is 10.0 Å². The number of sulfonamides is 1. The summed E-state index contributed by atoms with van der Waals surface area (Å²) < 4.78 is 53.2. The first kappa shape index (κ1) is 15.4. The van der Waals surface area contributed by atoms with Gasteiger partial charge in [0.05, 0.1) is 5.69 Å². The second-order valence-electron chi connectivity index (χ2n) is 4.31. The van der Waals surface area contributed by atoms with E-state index in [1.165, 1.54) is 6.07 Å². The molecule has 2 aromatic carbocycles. The molecular weight excluding hydrogens is 298 g/mol. The maximum atomic E-state index is 13.5. The molecule has 2 rings (SSSR count). The first-order valence-corrected chi connectivity index (χ1v) is 7.63. The van der Waals surface area contributed by atoms with Gasteiger partial charge in [-0.25, -0.2) is 21.9 Å². The topological polar surface area (TPSA) is 58.2 Å². The molecule has 0 aliphatic carbocycles. The van der Waals surface area contributed by atoms with Crippen LogP contribution in [0.25, 0.3) is 0 Å². The zero-order valence-electron chi connectivity index (χ0n) is 11.2. The average molecular weight is 312 g/mol. The molecule has 7 heteroatoms. The van der Waals surface area contributed by atoms with E-state index in [0.29, 0.717) is 5.69 Å². The highest BCUT2D eigenvalue weighted by molar-refractivity contribution is 7.89. The highest BCUT2D eigenvalue weighted by Crippen LogP contribution is 2.20. The van der Waals surface area contributed by atoms with E-state index in [2.05, 4.69) is 10.0 Å². The predicted molar refractivity (Wildman–Crippen MR) is 76.4 cm³/mol. The molecule has 0 amide bonds. The quantitative estimate of drug-likeness (QED) is 0.892. The van der Waals surface area contributed by atoms with Crippen LogP contribution in [0.15, 0.2) is 47.4 Å². The molecule has 0 aromatic heterocycles. The van der Waals surface area contributed by atoms with Crippen molar-refractivity contribution in [2.24, 2.45) is 0 Å². The molecule has 112 valence electrons. The molecule has 2 N–H and O–H groups in total. The number of hydrogen-bond donors (Lipinski definition) is 2. The SMILES string of the molecule is CNc1ccccc1S(=O)(=O)NCc1cc(F)ccc1F. The number of nitrogens with one attached hydrogen (secondary N) is 2. The number of benzene rings is 2. The molecule has 0 aliphatic heterocycles. The van der Waals surface area contributed by atoms with E-state index in [4.69, 9.17) is 0 Å². The molecule has 0 saturated heterocycles. The molecule has 0 bridgehead atoms. The van der Waals surface area contributed by atoms with E-state index in [-0.39, 0.29) is 17.0 Å². The fourth-order valence-electron chi connectivity index (χ4n) is 1.84. The predicted octanol–water partition coefficient (Wildman–Crippen LogP) is 2.49. The third kappa shape index (κ3) is 3.56. The normalized spacial score (nSPS) is 11.4. The lowest BCUT2D eigenvalue weighted by molar-refractivity contribution is 0.567. The second-order valence-corrected chi connectivity index (χ2v) is 6.04. The average Bonchev–Trinajstić information content (AvgIpc) is 2.48. The Bertz CT molecular complexity index is 748. The molecule has 0 aliphatic rings. The van der Waals surface area contributed by atoms with E-state index in [1.54, 1.807) is 25.2 Å². The monoisotopic (exact) mass is 312 g/mol. The van der Waals surface area contributed by atoms with E-state index >= 15 is 0 Å². The van der Waals surface area contributed by atoms with Gasteiger partial charge >= 0.3 is 0 Å². The third-order valence-corrected chi connectivity index (χ3v) is 4.37. The molecular formula is C14H14F2N2O2S. The Morgan fingerprint density at radius 2 is 1.81 bits per heavy atom. The molecule has 0 spiro atoms. The van der Waals surface area contributed by atoms with Gasteiger partial charge in [-0.15, -0.1) is 0 Å². The first-order chi connectivity index (χ1) is 9.94. The lowest BCUT2D eigenvalue weighted by Crippen LogP contribution is -2.24. The molecule has 21 heavy (non-hydrogen) atoms. The third-order valence-electron chi connectivity index (χ3n) is 2.91. The van der Waals surface area contributed by atoms with Crippen molar-refractivity contribution in [1.29, 1.82) is 0 Å². The van der Waals surface area contributed by atoms with Gasteiger partial charge in [-0.3, -0.25) is 0 Å². The van der Waals surface area contributed by atoms with Crippen molar-refractivity contribution in [2.75, 3.05) is 12.4 Å². The van der Waals surface area contributed by atoms with Crippen molar-refractivity contribution >= 4 is 15.7 Å². The number of hydrogen-bond acceptors (Lipinski definition) is 3. The first-order valence-electron chi connectivity index (χ1n) is 6.14. The van der Waals surface area contributed by atoms with Crippen LogP contribution in [-0.2, 0) is 16.6 Å². The van der Waals surface area contributed by atoms with Gasteiger partial charge in [-0.2, -0.15) is 0 Å². The van der Waals surface area contributed by atoms with Crippen LogP contribution in [0.2, 0.25) is 0 Å². The maximum absolute atomic E-state index is 13.5. The Balaban J connectivity index is 2.24. The van der Waals surface area contributed by atoms with Gasteiger partial charge in [0, 0.05) is 19.2 Å². The second kappa shape index (κ2) is 6.19. The van der Waals surface area contributed by atoms with Crippen LogP contribution >= 0.6 is 0 Å². The Morgan fingerprint density at radius 1 is 1.10 bits per heavy atom. The molecule has 0 fully saturated rings. The molecule has 0 atom stereocenters. The summed E-state index contributed by atoms with van der Waals surface area (Å²) in [7, 11) is -2.23. The van der Waals surface area contributed by atoms with Crippen LogP contribution in [0.5, 0.6) is 0 Å². The summed E-state index contributed by atoms with van der Waals surface area (Å²) in [6, 6.07) is 9.20. The number of para-hydroxylation sites is 1. The van der Waals surface area contributed by atoms with Crippen molar-refractivity contribution in [2.45, 2.75) is 11.4 Å². The van der Waals surface area contributed by atoms with Crippen molar-refractivity contribution < 1.29 is 17.2 Å². The minimum Gasteiger partial charge on any atom is -0.387 e. The van der Waals surface area contributed by atoms with E-state index in [1.807, 2.05) is 0 Å². The van der Waals surface area contributed by atoms with Crippen LogP contribution in [0.1, 0.15) is 5.56 Å². The van der Waals surface area contributed by atoms with Crippen molar-refractivity contribution in [1.82, 2.24) is 4.72 Å². The Hall–Kier alpha value is -1.99. The maximum Gasteiger partial charge on any atom is 0.242 e. The number of halogens is 2. The summed E-state index contributed by atoms with van der Waals surface area (Å²) in [5.74, 6) is -1.29. The summed E-state index contributed by atoms with van der Waals surface area (Å²) >= 11 is 0. The highest BCUT2D eigenvalue weighted by atomic mass is 32.2. The van der Waals surface area contributed by atoms with Gasteiger partial charge in [0.1, 0.15) is 16.5 Å². The summed E-state index contributed by atoms with van der Waals surface area (Å²) in [6.45, 7) is -0.329. The van der Waals surface area contributed by atoms with Crippen LogP contribution in [0.3, 0.4) is 0 Å². The van der Waals surface area contributed by atoms with Gasteiger partial charge in [0.2, 0.25) is 10.0 Å². The van der Waals surface area contributed by atoms with Crippen molar-refractivity contribution in [3.63, 3.8) is 0 Å². The van der Waals surface area contributed by atoms with Gasteiger partial charge < -0.3 is 5.32 Å². The molecule has 2 aromatic rings. The molecule has 0 saturated carbocycles. The minimum atomic E-state index is -3.83. The van der Waals surface area contributed by atoms with E-state index < -0.39 is 21.7 Å². The van der Waals surface area contributed by atoms with Crippen LogP contribution in [0, 0.1) is 11.6 Å². The fraction of sp³-hybridized carbons (Fsp3) is 0.143. The summed E-state index contributed by atoms with van der Waals surface area (Å²) in [4.78, 5) is 0.0457. The lowest BCUT2D eigenvalue weighted by atomic mass is 10.2. The van der Waals surface area contributed by atoms with Gasteiger partial charge in [-0.1, -0.05) is 12.1 Å². The van der Waals surface area contributed by atoms with Gasteiger partial charge in [0.15, 0.2) is 0 Å². The molecule has 4 nitrogen and oxygen atoms in total. The number of anilines is 1. The minimum absolute atomic E-state index is 0.0457. The summed E-state index contributed by atoms with van der Waals surface area (Å²) in [5.41, 5.74) is 0.366. The van der Waals surface area contributed by atoms with Crippen LogP contribution in [0.4, 0.5) is 14.5 Å². The zero-order valence-corrected chi connectivity index (χ0v) is 12.0. The van der Waals surface area contributed by atoms with E-state index in [9.17, 15) is 17.2 Å². The zero-order chi connectivity index (χ0) is 15.5. The summed E-state index contributed by atoms with van der Waals surface area (Å²) in [5, 5.41) is 2.77. The number of rotatable bonds is 5. The summed E-state index contributed by atoms with van der Waals surface area (Å²) in [6.07, 6.45) is 0. The van der Waals surface area contributed by atoms with E-state index in [0.717, 1.165) is 18.2 Å². The Morgan fingerprint density at radius 3 is 2.52 bits per heavy atom. The van der Waals surface area contributed by atoms with Gasteiger partial charge in [-0.05, 0) is 30.3 Å². The van der Waals surface area contributed by atoms with Crippen LogP contribution in [-0.4, -0.2) is 15.5 Å². The van der Waals surface area contributed by atoms with Crippen molar-refractivity contribution in [3.05, 3.63) is 59.7 Å². The van der Waals surface area contributed by atoms with Gasteiger partial charge in [0.25, 0.3) is 0 Å². The molecule has 0 radical (unpaired) electrons. The largest absolute Gasteiger partial charge is 0.387 e. The smallest absolute Gasteiger partial charge is 0.242 e. The Labute approximate surface area is 121 Å². The fourth-order valence-corrected chi connectivity index (χ4v) is 3.06. The molecule has 0 unspecified atom stereocenters. The Kier molecular flexibility index (Phi) is 4.54. The standard InChI is InChI=1S/C14H14F2N2O2S/c1-17-13-4-2-3-5-14(13)21(19,20)18-9-10-8-11(15)6-7-12(10)16/h2-8,17-18H,9H2,1H3. The highest BCUT2D eigenvalue weighted by Gasteiger charge is 2.18. The van der Waals surface area contributed by atoms with Crippen molar-refractivity contribution in [3.8, 4) is 0 Å².